The van der Waals surface area contributed by atoms with Gasteiger partial charge in [0, 0.05) is 24.8 Å². The van der Waals surface area contributed by atoms with Crippen LogP contribution in [0.4, 0.5) is 5.69 Å². The summed E-state index contributed by atoms with van der Waals surface area (Å²) in [5.74, 6) is 0.584. The summed E-state index contributed by atoms with van der Waals surface area (Å²) < 4.78 is 0. The van der Waals surface area contributed by atoms with Gasteiger partial charge in [-0.15, -0.1) is 0 Å². The summed E-state index contributed by atoms with van der Waals surface area (Å²) in [5, 5.41) is 2.97. The third-order valence-corrected chi connectivity index (χ3v) is 3.66. The third-order valence-electron chi connectivity index (χ3n) is 3.66. The Kier molecular flexibility index (Phi) is 4.65. The van der Waals surface area contributed by atoms with Gasteiger partial charge in [0.2, 0.25) is 5.91 Å². The van der Waals surface area contributed by atoms with Crippen molar-refractivity contribution in [2.75, 3.05) is 24.5 Å². The van der Waals surface area contributed by atoms with Crippen LogP contribution in [0.25, 0.3) is 0 Å². The number of carbonyl (C=O) groups excluding carboxylic acids is 1. The molecule has 1 unspecified atom stereocenters. The number of nitrogens with two attached hydrogens (primary N) is 1. The molecular formula is C16H25N3O. The first kappa shape index (κ1) is 14.9. The minimum Gasteiger partial charge on any atom is -0.362 e. The third kappa shape index (κ3) is 3.51. The number of carbonyl (C=O) groups is 1. The first-order chi connectivity index (χ1) is 9.47. The number of fused-ring (bicyclic) bond motifs is 1. The van der Waals surface area contributed by atoms with Crippen molar-refractivity contribution in [3.05, 3.63) is 29.3 Å². The van der Waals surface area contributed by atoms with Crippen LogP contribution in [0.15, 0.2) is 18.2 Å². The molecule has 1 aromatic carbocycles. The molecule has 1 aliphatic heterocycles. The van der Waals surface area contributed by atoms with Crippen molar-refractivity contribution in [2.24, 2.45) is 11.7 Å². The smallest absolute Gasteiger partial charge is 0.239 e. The van der Waals surface area contributed by atoms with Crippen molar-refractivity contribution in [1.82, 2.24) is 5.32 Å². The van der Waals surface area contributed by atoms with Crippen LogP contribution in [-0.4, -0.2) is 25.5 Å². The van der Waals surface area contributed by atoms with Gasteiger partial charge in [-0.25, -0.2) is 0 Å². The maximum atomic E-state index is 11.9. The van der Waals surface area contributed by atoms with Crippen LogP contribution < -0.4 is 16.0 Å². The normalized spacial score (nSPS) is 15.3. The average molecular weight is 275 g/mol. The van der Waals surface area contributed by atoms with E-state index in [0.29, 0.717) is 12.5 Å². The van der Waals surface area contributed by atoms with Gasteiger partial charge in [0.25, 0.3) is 0 Å². The fraction of sp³-hybridized carbons (Fsp3) is 0.562. The molecule has 0 saturated heterocycles. The highest BCUT2D eigenvalue weighted by Gasteiger charge is 2.21. The molecule has 0 radical (unpaired) electrons. The number of rotatable bonds is 5. The van der Waals surface area contributed by atoms with E-state index in [9.17, 15) is 4.79 Å². The van der Waals surface area contributed by atoms with Crippen molar-refractivity contribution in [3.8, 4) is 0 Å². The summed E-state index contributed by atoms with van der Waals surface area (Å²) in [6, 6.07) is 6.39. The van der Waals surface area contributed by atoms with E-state index in [1.165, 1.54) is 11.3 Å². The molecule has 1 aromatic rings. The van der Waals surface area contributed by atoms with Crippen LogP contribution in [0.3, 0.4) is 0 Å². The van der Waals surface area contributed by atoms with E-state index in [2.05, 4.69) is 42.3 Å². The minimum absolute atomic E-state index is 0.0590. The standard InChI is InChI=1S/C16H25N3O/c1-11(2)9-18-16(20)10-19-7-6-14-8-13(12(3)17)4-5-15(14)19/h4-5,8,11-12H,6-7,9-10,17H2,1-3H3,(H,18,20). The molecule has 1 atom stereocenters. The van der Waals surface area contributed by atoms with E-state index in [0.717, 1.165) is 25.1 Å². The maximum Gasteiger partial charge on any atom is 0.239 e. The second-order valence-electron chi connectivity index (χ2n) is 6.05. The lowest BCUT2D eigenvalue weighted by atomic mass is 10.0. The molecular weight excluding hydrogens is 250 g/mol. The van der Waals surface area contributed by atoms with Crippen LogP contribution in [0.5, 0.6) is 0 Å². The second kappa shape index (κ2) is 6.27. The second-order valence-corrected chi connectivity index (χ2v) is 6.05. The first-order valence-electron chi connectivity index (χ1n) is 7.37. The Morgan fingerprint density at radius 1 is 1.40 bits per heavy atom. The number of hydrogen-bond donors (Lipinski definition) is 2. The number of hydrogen-bond acceptors (Lipinski definition) is 3. The molecule has 2 rings (SSSR count). The molecule has 0 saturated carbocycles. The van der Waals surface area contributed by atoms with Gasteiger partial charge in [-0.05, 0) is 36.5 Å². The largest absolute Gasteiger partial charge is 0.362 e. The number of amides is 1. The van der Waals surface area contributed by atoms with Crippen molar-refractivity contribution >= 4 is 11.6 Å². The van der Waals surface area contributed by atoms with Gasteiger partial charge in [-0.3, -0.25) is 4.79 Å². The molecule has 1 heterocycles. The molecule has 110 valence electrons. The first-order valence-corrected chi connectivity index (χ1v) is 7.37. The predicted octanol–water partition coefficient (Wildman–Crippen LogP) is 1.84. The Bertz CT molecular complexity index is 483. The topological polar surface area (TPSA) is 58.4 Å². The van der Waals surface area contributed by atoms with Gasteiger partial charge in [-0.1, -0.05) is 26.0 Å². The lowest BCUT2D eigenvalue weighted by Gasteiger charge is -2.19. The molecule has 0 fully saturated rings. The molecule has 1 aliphatic rings. The van der Waals surface area contributed by atoms with Crippen molar-refractivity contribution < 1.29 is 4.79 Å². The van der Waals surface area contributed by atoms with Gasteiger partial charge in [0.1, 0.15) is 0 Å². The Balaban J connectivity index is 1.99. The van der Waals surface area contributed by atoms with E-state index in [1.54, 1.807) is 0 Å². The zero-order valence-electron chi connectivity index (χ0n) is 12.6. The van der Waals surface area contributed by atoms with Gasteiger partial charge in [0.05, 0.1) is 6.54 Å². The molecule has 0 aromatic heterocycles. The summed E-state index contributed by atoms with van der Waals surface area (Å²) in [6.07, 6.45) is 0.993. The Labute approximate surface area is 121 Å². The number of nitrogens with zero attached hydrogens (tertiary/aromatic N) is 1. The lowest BCUT2D eigenvalue weighted by Crippen LogP contribution is -2.37. The quantitative estimate of drug-likeness (QED) is 0.862. The van der Waals surface area contributed by atoms with E-state index in [4.69, 9.17) is 5.73 Å². The minimum atomic E-state index is 0.0590. The fourth-order valence-corrected chi connectivity index (χ4v) is 2.48. The SMILES string of the molecule is CC(C)CNC(=O)CN1CCc2cc(C(C)N)ccc21. The number of nitrogens with one attached hydrogen (secondary N) is 1. The van der Waals surface area contributed by atoms with Gasteiger partial charge in [0.15, 0.2) is 0 Å². The summed E-state index contributed by atoms with van der Waals surface area (Å²) in [4.78, 5) is 14.1. The highest BCUT2D eigenvalue weighted by molar-refractivity contribution is 5.82. The maximum absolute atomic E-state index is 11.9. The zero-order valence-corrected chi connectivity index (χ0v) is 12.6. The summed E-state index contributed by atoms with van der Waals surface area (Å²) in [6.45, 7) is 8.28. The van der Waals surface area contributed by atoms with Crippen LogP contribution >= 0.6 is 0 Å². The molecule has 4 heteroatoms. The molecule has 3 N–H and O–H groups in total. The van der Waals surface area contributed by atoms with Crippen LogP contribution in [-0.2, 0) is 11.2 Å². The van der Waals surface area contributed by atoms with Crippen LogP contribution in [0.1, 0.15) is 37.9 Å². The zero-order chi connectivity index (χ0) is 14.7. The highest BCUT2D eigenvalue weighted by atomic mass is 16.2. The molecule has 0 bridgehead atoms. The summed E-state index contributed by atoms with van der Waals surface area (Å²) in [7, 11) is 0. The van der Waals surface area contributed by atoms with E-state index in [1.807, 2.05) is 6.92 Å². The Hall–Kier alpha value is -1.55. The highest BCUT2D eigenvalue weighted by Crippen LogP contribution is 2.29. The molecule has 1 amide bonds. The van der Waals surface area contributed by atoms with E-state index in [-0.39, 0.29) is 11.9 Å². The lowest BCUT2D eigenvalue weighted by molar-refractivity contribution is -0.119. The molecule has 20 heavy (non-hydrogen) atoms. The van der Waals surface area contributed by atoms with Gasteiger partial charge < -0.3 is 16.0 Å². The van der Waals surface area contributed by atoms with Crippen molar-refractivity contribution in [3.63, 3.8) is 0 Å². The van der Waals surface area contributed by atoms with Gasteiger partial charge in [-0.2, -0.15) is 0 Å². The van der Waals surface area contributed by atoms with E-state index >= 15 is 0 Å². The van der Waals surface area contributed by atoms with E-state index < -0.39 is 0 Å². The average Bonchev–Trinajstić information content (AvgIpc) is 2.79. The summed E-state index contributed by atoms with van der Waals surface area (Å²) in [5.41, 5.74) is 9.55. The monoisotopic (exact) mass is 275 g/mol. The van der Waals surface area contributed by atoms with Crippen LogP contribution in [0, 0.1) is 5.92 Å². The number of benzene rings is 1. The fourth-order valence-electron chi connectivity index (χ4n) is 2.48. The molecule has 0 aliphatic carbocycles. The van der Waals surface area contributed by atoms with Crippen molar-refractivity contribution in [2.45, 2.75) is 33.2 Å². The Morgan fingerprint density at radius 3 is 2.80 bits per heavy atom. The van der Waals surface area contributed by atoms with Crippen LogP contribution in [0.2, 0.25) is 0 Å². The Morgan fingerprint density at radius 2 is 2.15 bits per heavy atom. The number of anilines is 1. The predicted molar refractivity (Wildman–Crippen MR) is 82.8 cm³/mol. The van der Waals surface area contributed by atoms with Crippen molar-refractivity contribution in [1.29, 1.82) is 0 Å². The van der Waals surface area contributed by atoms with Gasteiger partial charge >= 0.3 is 0 Å². The summed E-state index contributed by atoms with van der Waals surface area (Å²) >= 11 is 0. The molecule has 0 spiro atoms. The molecule has 4 nitrogen and oxygen atoms in total.